The van der Waals surface area contributed by atoms with E-state index in [1.165, 1.54) is 0 Å². The highest BCUT2D eigenvalue weighted by Crippen LogP contribution is 2.30. The highest BCUT2D eigenvalue weighted by Gasteiger charge is 2.37. The summed E-state index contributed by atoms with van der Waals surface area (Å²) in [6.07, 6.45) is 6.06. The number of likely N-dealkylation sites (tertiary alicyclic amines) is 1. The van der Waals surface area contributed by atoms with Crippen molar-refractivity contribution >= 4 is 11.7 Å². The summed E-state index contributed by atoms with van der Waals surface area (Å²) in [6.45, 7) is 2.76. The summed E-state index contributed by atoms with van der Waals surface area (Å²) in [6, 6.07) is 7.46. The zero-order valence-corrected chi connectivity index (χ0v) is 12.7. The summed E-state index contributed by atoms with van der Waals surface area (Å²) in [5, 5.41) is 0. The molecule has 1 aromatic carbocycles. The first-order chi connectivity index (χ1) is 10.2. The molecule has 3 rings (SSSR count). The van der Waals surface area contributed by atoms with Gasteiger partial charge >= 0.3 is 0 Å². The first-order valence-corrected chi connectivity index (χ1v) is 8.08. The zero-order chi connectivity index (χ0) is 14.8. The van der Waals surface area contributed by atoms with Gasteiger partial charge in [0.2, 0.25) is 5.91 Å². The van der Waals surface area contributed by atoms with Crippen LogP contribution in [-0.4, -0.2) is 29.2 Å². The quantitative estimate of drug-likeness (QED) is 0.799. The van der Waals surface area contributed by atoms with Crippen molar-refractivity contribution in [1.82, 2.24) is 4.90 Å². The van der Waals surface area contributed by atoms with E-state index >= 15 is 0 Å². The fraction of sp³-hybridized carbons (Fsp3) is 0.556. The molecule has 1 saturated heterocycles. The monoisotopic (exact) mass is 285 g/mol. The van der Waals surface area contributed by atoms with E-state index in [9.17, 15) is 9.59 Å². The van der Waals surface area contributed by atoms with Gasteiger partial charge in [-0.1, -0.05) is 42.7 Å². The van der Waals surface area contributed by atoms with Gasteiger partial charge in [-0.05, 0) is 32.6 Å². The molecule has 0 spiro atoms. The Labute approximate surface area is 126 Å². The zero-order valence-electron chi connectivity index (χ0n) is 12.7. The minimum absolute atomic E-state index is 0.110. The summed E-state index contributed by atoms with van der Waals surface area (Å²) in [4.78, 5) is 27.2. The first kappa shape index (κ1) is 14.3. The molecule has 0 aromatic heterocycles. The van der Waals surface area contributed by atoms with Crippen LogP contribution in [0.5, 0.6) is 0 Å². The molecule has 3 nitrogen and oxygen atoms in total. The Bertz CT molecular complexity index is 529. The van der Waals surface area contributed by atoms with Crippen LogP contribution >= 0.6 is 0 Å². The van der Waals surface area contributed by atoms with Crippen LogP contribution in [0.25, 0.3) is 0 Å². The number of amides is 1. The minimum Gasteiger partial charge on any atom is -0.332 e. The molecule has 1 heterocycles. The molecule has 1 unspecified atom stereocenters. The molecule has 21 heavy (non-hydrogen) atoms. The van der Waals surface area contributed by atoms with E-state index in [0.717, 1.165) is 56.2 Å². The van der Waals surface area contributed by atoms with Crippen LogP contribution in [0, 0.1) is 12.8 Å². The molecule has 1 aromatic rings. The van der Waals surface area contributed by atoms with Gasteiger partial charge in [0.1, 0.15) is 0 Å². The Morgan fingerprint density at radius 2 is 1.67 bits per heavy atom. The molecule has 2 fully saturated rings. The summed E-state index contributed by atoms with van der Waals surface area (Å²) in [7, 11) is 0. The third-order valence-electron chi connectivity index (χ3n) is 4.88. The topological polar surface area (TPSA) is 37.4 Å². The van der Waals surface area contributed by atoms with E-state index in [-0.39, 0.29) is 23.7 Å². The summed E-state index contributed by atoms with van der Waals surface area (Å²) in [5.74, 6) is 0.491. The van der Waals surface area contributed by atoms with Crippen molar-refractivity contribution in [3.05, 3.63) is 35.4 Å². The predicted octanol–water partition coefficient (Wildman–Crippen LogP) is 3.36. The molecule has 3 heteroatoms. The number of rotatable bonds is 3. The van der Waals surface area contributed by atoms with Crippen molar-refractivity contribution in [2.75, 3.05) is 6.54 Å². The molecule has 1 aliphatic carbocycles. The van der Waals surface area contributed by atoms with Crippen molar-refractivity contribution < 1.29 is 9.59 Å². The van der Waals surface area contributed by atoms with Gasteiger partial charge in [0.15, 0.2) is 5.78 Å². The number of aryl methyl sites for hydroxylation is 1. The number of Topliss-reactive ketones (excluding diaryl/α,β-unsaturated/α-hetero) is 1. The number of benzene rings is 1. The van der Waals surface area contributed by atoms with Crippen LogP contribution in [0.3, 0.4) is 0 Å². The number of hydrogen-bond acceptors (Lipinski definition) is 2. The number of nitrogens with zero attached hydrogens (tertiary/aromatic N) is 1. The Kier molecular flexibility index (Phi) is 4.09. The Hall–Kier alpha value is -1.64. The molecule has 0 radical (unpaired) electrons. The Balaban J connectivity index is 1.75. The first-order valence-electron chi connectivity index (χ1n) is 8.08. The second-order valence-electron chi connectivity index (χ2n) is 6.40. The van der Waals surface area contributed by atoms with E-state index in [1.54, 1.807) is 0 Å². The van der Waals surface area contributed by atoms with E-state index in [1.807, 2.05) is 36.1 Å². The van der Waals surface area contributed by atoms with Crippen molar-refractivity contribution in [3.8, 4) is 0 Å². The van der Waals surface area contributed by atoms with Gasteiger partial charge in [-0.3, -0.25) is 9.59 Å². The fourth-order valence-corrected chi connectivity index (χ4v) is 3.62. The minimum atomic E-state index is -0.235. The van der Waals surface area contributed by atoms with Crippen LogP contribution < -0.4 is 0 Å². The highest BCUT2D eigenvalue weighted by atomic mass is 16.2. The van der Waals surface area contributed by atoms with E-state index in [4.69, 9.17) is 0 Å². The third-order valence-corrected chi connectivity index (χ3v) is 4.88. The average Bonchev–Trinajstić information content (AvgIpc) is 3.18. The summed E-state index contributed by atoms with van der Waals surface area (Å²) >= 11 is 0. The molecule has 2 aliphatic rings. The van der Waals surface area contributed by atoms with Crippen LogP contribution in [0.1, 0.15) is 54.4 Å². The second-order valence-corrected chi connectivity index (χ2v) is 6.40. The van der Waals surface area contributed by atoms with Gasteiger partial charge < -0.3 is 4.90 Å². The molecule has 1 saturated carbocycles. The highest BCUT2D eigenvalue weighted by molar-refractivity contribution is 6.02. The molecule has 1 aliphatic heterocycles. The van der Waals surface area contributed by atoms with Gasteiger partial charge in [0.05, 0.1) is 6.04 Å². The van der Waals surface area contributed by atoms with Crippen molar-refractivity contribution in [2.45, 2.75) is 51.5 Å². The standard InChI is InChI=1S/C18H23NO2/c1-13-8-10-14(11-9-13)17(20)16-7-4-12-19(16)18(21)15-5-2-3-6-15/h8-11,15-16H,2-7,12H2,1H3. The van der Waals surface area contributed by atoms with Crippen molar-refractivity contribution in [2.24, 2.45) is 5.92 Å². The number of ketones is 1. The number of hydrogen-bond donors (Lipinski definition) is 0. The van der Waals surface area contributed by atoms with Crippen molar-refractivity contribution in [3.63, 3.8) is 0 Å². The van der Waals surface area contributed by atoms with Crippen LogP contribution in [0.2, 0.25) is 0 Å². The van der Waals surface area contributed by atoms with Crippen LogP contribution in [-0.2, 0) is 4.79 Å². The summed E-state index contributed by atoms with van der Waals surface area (Å²) in [5.41, 5.74) is 1.88. The smallest absolute Gasteiger partial charge is 0.226 e. The molecule has 0 bridgehead atoms. The van der Waals surface area contributed by atoms with Gasteiger partial charge in [-0.15, -0.1) is 0 Å². The molecular formula is C18H23NO2. The van der Waals surface area contributed by atoms with E-state index in [2.05, 4.69) is 0 Å². The lowest BCUT2D eigenvalue weighted by atomic mass is 9.99. The molecular weight excluding hydrogens is 262 g/mol. The van der Waals surface area contributed by atoms with Crippen LogP contribution in [0.15, 0.2) is 24.3 Å². The van der Waals surface area contributed by atoms with Gasteiger partial charge in [-0.2, -0.15) is 0 Å². The fourth-order valence-electron chi connectivity index (χ4n) is 3.62. The molecule has 112 valence electrons. The Morgan fingerprint density at radius 1 is 1.00 bits per heavy atom. The average molecular weight is 285 g/mol. The Morgan fingerprint density at radius 3 is 2.33 bits per heavy atom. The van der Waals surface area contributed by atoms with Crippen LogP contribution in [0.4, 0.5) is 0 Å². The van der Waals surface area contributed by atoms with Gasteiger partial charge in [0, 0.05) is 18.0 Å². The summed E-state index contributed by atoms with van der Waals surface area (Å²) < 4.78 is 0. The lowest BCUT2D eigenvalue weighted by molar-refractivity contribution is -0.135. The number of carbonyl (C=O) groups excluding carboxylic acids is 2. The third kappa shape index (κ3) is 2.87. The normalized spacial score (nSPS) is 22.7. The SMILES string of the molecule is Cc1ccc(C(=O)C2CCCN2C(=O)C2CCCC2)cc1. The largest absolute Gasteiger partial charge is 0.332 e. The van der Waals surface area contributed by atoms with Gasteiger partial charge in [0.25, 0.3) is 0 Å². The second kappa shape index (κ2) is 6.00. The lowest BCUT2D eigenvalue weighted by Gasteiger charge is -2.26. The van der Waals surface area contributed by atoms with E-state index in [0.29, 0.717) is 0 Å². The predicted molar refractivity (Wildman–Crippen MR) is 82.2 cm³/mol. The lowest BCUT2D eigenvalue weighted by Crippen LogP contribution is -2.43. The molecule has 0 N–H and O–H groups in total. The molecule has 1 amide bonds. The number of carbonyl (C=O) groups is 2. The maximum absolute atomic E-state index is 12.7. The maximum atomic E-state index is 12.7. The molecule has 1 atom stereocenters. The van der Waals surface area contributed by atoms with E-state index < -0.39 is 0 Å². The van der Waals surface area contributed by atoms with Crippen molar-refractivity contribution in [1.29, 1.82) is 0 Å². The maximum Gasteiger partial charge on any atom is 0.226 e. The van der Waals surface area contributed by atoms with Gasteiger partial charge in [-0.25, -0.2) is 0 Å².